The Balaban J connectivity index is 1.85. The highest BCUT2D eigenvalue weighted by Gasteiger charge is 2.22. The molecule has 1 aliphatic carbocycles. The fraction of sp³-hybridized carbons (Fsp3) is 0.417. The van der Waals surface area contributed by atoms with Crippen LogP contribution in [0.3, 0.4) is 0 Å². The minimum atomic E-state index is -1.08. The Morgan fingerprint density at radius 1 is 1.43 bits per heavy atom. The average Bonchev–Trinajstić information content (AvgIpc) is 3.11. The Morgan fingerprint density at radius 3 is 2.90 bits per heavy atom. The maximum atomic E-state index is 11.1. The standard InChI is InChI=1S/C12H12ClN5O2S/c13-9-6-14-10(5-8(9)11(19)20)21-12-15-16-17-18(12)7-3-1-2-4-7/h5-7H,1-4H2,(H,19,20). The van der Waals surface area contributed by atoms with Crippen molar-refractivity contribution in [2.45, 2.75) is 41.9 Å². The normalized spacial score (nSPS) is 15.5. The zero-order valence-electron chi connectivity index (χ0n) is 10.9. The van der Waals surface area contributed by atoms with Crippen LogP contribution in [0, 0.1) is 0 Å². The van der Waals surface area contributed by atoms with E-state index in [0.717, 1.165) is 12.8 Å². The van der Waals surface area contributed by atoms with Gasteiger partial charge in [0, 0.05) is 6.20 Å². The summed E-state index contributed by atoms with van der Waals surface area (Å²) in [6, 6.07) is 1.75. The molecule has 2 aromatic heterocycles. The molecule has 0 amide bonds. The quantitative estimate of drug-likeness (QED) is 0.923. The van der Waals surface area contributed by atoms with Crippen molar-refractivity contribution in [2.24, 2.45) is 0 Å². The number of carboxylic acid groups (broad SMARTS) is 1. The lowest BCUT2D eigenvalue weighted by atomic mass is 10.3. The largest absolute Gasteiger partial charge is 0.478 e. The molecule has 1 fully saturated rings. The Labute approximate surface area is 129 Å². The lowest BCUT2D eigenvalue weighted by molar-refractivity contribution is 0.0696. The Bertz CT molecular complexity index is 671. The minimum absolute atomic E-state index is 0.0223. The van der Waals surface area contributed by atoms with Crippen molar-refractivity contribution in [3.63, 3.8) is 0 Å². The average molecular weight is 326 g/mol. The van der Waals surface area contributed by atoms with Gasteiger partial charge in [-0.1, -0.05) is 24.4 Å². The second-order valence-electron chi connectivity index (χ2n) is 4.75. The lowest BCUT2D eigenvalue weighted by Gasteiger charge is -2.10. The molecule has 0 bridgehead atoms. The Morgan fingerprint density at radius 2 is 2.19 bits per heavy atom. The molecule has 7 nitrogen and oxygen atoms in total. The number of hydrogen-bond acceptors (Lipinski definition) is 6. The number of pyridine rings is 1. The van der Waals surface area contributed by atoms with Crippen molar-refractivity contribution in [3.05, 3.63) is 22.8 Å². The minimum Gasteiger partial charge on any atom is -0.478 e. The fourth-order valence-electron chi connectivity index (χ4n) is 2.36. The van der Waals surface area contributed by atoms with Gasteiger partial charge in [-0.25, -0.2) is 14.5 Å². The number of carbonyl (C=O) groups is 1. The van der Waals surface area contributed by atoms with Gasteiger partial charge in [0.25, 0.3) is 0 Å². The van der Waals surface area contributed by atoms with Crippen molar-refractivity contribution in [1.29, 1.82) is 0 Å². The van der Waals surface area contributed by atoms with Gasteiger partial charge in [-0.3, -0.25) is 0 Å². The molecule has 0 unspecified atom stereocenters. The first kappa shape index (κ1) is 14.3. The van der Waals surface area contributed by atoms with Gasteiger partial charge in [0.2, 0.25) is 5.16 Å². The van der Waals surface area contributed by atoms with Crippen LogP contribution in [0.1, 0.15) is 42.1 Å². The summed E-state index contributed by atoms with van der Waals surface area (Å²) in [5, 5.41) is 22.1. The van der Waals surface area contributed by atoms with E-state index >= 15 is 0 Å². The molecular formula is C12H12ClN5O2S. The number of tetrazole rings is 1. The molecule has 2 aromatic rings. The van der Waals surface area contributed by atoms with Crippen molar-refractivity contribution < 1.29 is 9.90 Å². The van der Waals surface area contributed by atoms with E-state index in [1.807, 2.05) is 0 Å². The molecule has 3 rings (SSSR count). The second kappa shape index (κ2) is 5.98. The van der Waals surface area contributed by atoms with Gasteiger partial charge in [0.15, 0.2) is 0 Å². The molecule has 0 saturated heterocycles. The molecule has 0 spiro atoms. The van der Waals surface area contributed by atoms with Gasteiger partial charge >= 0.3 is 5.97 Å². The van der Waals surface area contributed by atoms with Crippen molar-refractivity contribution >= 4 is 29.3 Å². The predicted molar refractivity (Wildman–Crippen MR) is 75.7 cm³/mol. The van der Waals surface area contributed by atoms with Gasteiger partial charge < -0.3 is 5.11 Å². The van der Waals surface area contributed by atoms with Gasteiger partial charge in [0.1, 0.15) is 5.03 Å². The van der Waals surface area contributed by atoms with Gasteiger partial charge in [-0.15, -0.1) is 5.10 Å². The number of halogens is 1. The monoisotopic (exact) mass is 325 g/mol. The number of carboxylic acids is 1. The first-order valence-corrected chi connectivity index (χ1v) is 7.69. The third kappa shape index (κ3) is 3.01. The highest BCUT2D eigenvalue weighted by Crippen LogP contribution is 2.33. The van der Waals surface area contributed by atoms with Gasteiger partial charge in [-0.2, -0.15) is 0 Å². The first-order chi connectivity index (χ1) is 10.1. The summed E-state index contributed by atoms with van der Waals surface area (Å²) in [6.07, 6.45) is 5.81. The molecule has 1 aliphatic rings. The number of hydrogen-bond donors (Lipinski definition) is 1. The number of aromatic nitrogens is 5. The Hall–Kier alpha value is -1.67. The maximum absolute atomic E-state index is 11.1. The van der Waals surface area contributed by atoms with Crippen LogP contribution in [-0.2, 0) is 0 Å². The van der Waals surface area contributed by atoms with Crippen LogP contribution in [0.2, 0.25) is 5.02 Å². The second-order valence-corrected chi connectivity index (χ2v) is 6.15. The molecule has 0 radical (unpaired) electrons. The molecule has 0 atom stereocenters. The van der Waals surface area contributed by atoms with Crippen LogP contribution in [0.25, 0.3) is 0 Å². The van der Waals surface area contributed by atoms with E-state index in [4.69, 9.17) is 16.7 Å². The van der Waals surface area contributed by atoms with Gasteiger partial charge in [0.05, 0.1) is 16.6 Å². The van der Waals surface area contributed by atoms with Crippen LogP contribution in [0.15, 0.2) is 22.4 Å². The van der Waals surface area contributed by atoms with E-state index in [2.05, 4.69) is 20.5 Å². The molecule has 0 aromatic carbocycles. The fourth-order valence-corrected chi connectivity index (χ4v) is 3.37. The smallest absolute Gasteiger partial charge is 0.337 e. The SMILES string of the molecule is O=C(O)c1cc(Sc2nnnn2C2CCCC2)ncc1Cl. The van der Waals surface area contributed by atoms with Crippen molar-refractivity contribution in [3.8, 4) is 0 Å². The highest BCUT2D eigenvalue weighted by atomic mass is 35.5. The first-order valence-electron chi connectivity index (χ1n) is 6.49. The van der Waals surface area contributed by atoms with Crippen molar-refractivity contribution in [2.75, 3.05) is 0 Å². The number of rotatable bonds is 4. The summed E-state index contributed by atoms with van der Waals surface area (Å²) in [5.41, 5.74) is 0.0223. The maximum Gasteiger partial charge on any atom is 0.337 e. The van der Waals surface area contributed by atoms with E-state index in [-0.39, 0.29) is 10.6 Å². The van der Waals surface area contributed by atoms with E-state index in [1.54, 1.807) is 4.68 Å². The molecule has 2 heterocycles. The molecule has 0 aliphatic heterocycles. The molecule has 1 N–H and O–H groups in total. The van der Waals surface area contributed by atoms with E-state index in [0.29, 0.717) is 16.2 Å². The highest BCUT2D eigenvalue weighted by molar-refractivity contribution is 7.99. The van der Waals surface area contributed by atoms with E-state index in [1.165, 1.54) is 36.9 Å². The van der Waals surface area contributed by atoms with E-state index in [9.17, 15) is 4.79 Å². The van der Waals surface area contributed by atoms with Crippen LogP contribution in [0.5, 0.6) is 0 Å². The van der Waals surface area contributed by atoms with Crippen LogP contribution in [0.4, 0.5) is 0 Å². The molecule has 21 heavy (non-hydrogen) atoms. The third-order valence-electron chi connectivity index (χ3n) is 3.39. The summed E-state index contributed by atoms with van der Waals surface area (Å²) < 4.78 is 1.80. The van der Waals surface area contributed by atoms with Crippen molar-refractivity contribution in [1.82, 2.24) is 25.2 Å². The number of aromatic carboxylic acids is 1. The molecule has 110 valence electrons. The zero-order chi connectivity index (χ0) is 14.8. The molecular weight excluding hydrogens is 314 g/mol. The third-order valence-corrected chi connectivity index (χ3v) is 4.57. The van der Waals surface area contributed by atoms with Crippen LogP contribution in [-0.4, -0.2) is 36.3 Å². The molecule has 9 heteroatoms. The van der Waals surface area contributed by atoms with Gasteiger partial charge in [-0.05, 0) is 41.1 Å². The van der Waals surface area contributed by atoms with Crippen LogP contribution >= 0.6 is 23.4 Å². The molecule has 1 saturated carbocycles. The summed E-state index contributed by atoms with van der Waals surface area (Å²) >= 11 is 7.05. The lowest BCUT2D eigenvalue weighted by Crippen LogP contribution is -2.08. The summed E-state index contributed by atoms with van der Waals surface area (Å²) in [6.45, 7) is 0. The van der Waals surface area contributed by atoms with E-state index < -0.39 is 5.97 Å². The summed E-state index contributed by atoms with van der Waals surface area (Å²) in [7, 11) is 0. The van der Waals surface area contributed by atoms with Crippen LogP contribution < -0.4 is 0 Å². The zero-order valence-corrected chi connectivity index (χ0v) is 12.5. The summed E-state index contributed by atoms with van der Waals surface area (Å²) in [5.74, 6) is -1.08. The predicted octanol–water partition coefficient (Wildman–Crippen LogP) is 2.69. The Kier molecular flexibility index (Phi) is 4.07. The summed E-state index contributed by atoms with van der Waals surface area (Å²) in [4.78, 5) is 15.2. The number of nitrogens with zero attached hydrogens (tertiary/aromatic N) is 5. The topological polar surface area (TPSA) is 93.8 Å².